The molecule has 0 saturated heterocycles. The van der Waals surface area contributed by atoms with E-state index in [0.29, 0.717) is 22.4 Å². The Morgan fingerprint density at radius 3 is 2.17 bits per heavy atom. The van der Waals surface area contributed by atoms with Gasteiger partial charge in [-0.05, 0) is 35.7 Å². The van der Waals surface area contributed by atoms with Crippen LogP contribution < -0.4 is 20.9 Å². The number of hydrazine groups is 1. The zero-order valence-electron chi connectivity index (χ0n) is 16.3. The Labute approximate surface area is 174 Å². The van der Waals surface area contributed by atoms with Crippen LogP contribution in [-0.4, -0.2) is 24.3 Å². The highest BCUT2D eigenvalue weighted by atomic mass is 35.5. The van der Waals surface area contributed by atoms with Gasteiger partial charge < -0.3 is 10.1 Å². The van der Waals surface area contributed by atoms with E-state index >= 15 is 0 Å². The van der Waals surface area contributed by atoms with Crippen LogP contribution in [0.2, 0.25) is 5.02 Å². The lowest BCUT2D eigenvalue weighted by Gasteiger charge is -2.10. The largest absolute Gasteiger partial charge is 0.484 e. The average molecular weight is 418 g/mol. The fourth-order valence-corrected chi connectivity index (χ4v) is 2.52. The molecule has 0 unspecified atom stereocenters. The van der Waals surface area contributed by atoms with Gasteiger partial charge in [0.25, 0.3) is 5.91 Å². The van der Waals surface area contributed by atoms with Gasteiger partial charge in [0.1, 0.15) is 5.75 Å². The van der Waals surface area contributed by atoms with Gasteiger partial charge in [0, 0.05) is 12.8 Å². The Kier molecular flexibility index (Phi) is 8.48. The maximum Gasteiger partial charge on any atom is 0.276 e. The van der Waals surface area contributed by atoms with Gasteiger partial charge in [0.05, 0.1) is 10.7 Å². The predicted octanol–water partition coefficient (Wildman–Crippen LogP) is 3.41. The quantitative estimate of drug-likeness (QED) is 0.573. The number of hydrogen-bond acceptors (Lipinski definition) is 4. The highest BCUT2D eigenvalue weighted by Gasteiger charge is 2.10. The Bertz CT molecular complexity index is 853. The maximum atomic E-state index is 11.9. The molecule has 154 valence electrons. The van der Waals surface area contributed by atoms with Crippen LogP contribution in [0.5, 0.6) is 5.75 Å². The Morgan fingerprint density at radius 1 is 0.897 bits per heavy atom. The van der Waals surface area contributed by atoms with E-state index in [2.05, 4.69) is 30.0 Å². The lowest BCUT2D eigenvalue weighted by molar-refractivity contribution is -0.130. The number of carbonyl (C=O) groups is 3. The van der Waals surface area contributed by atoms with E-state index in [1.165, 1.54) is 5.56 Å². The number of nitrogens with one attached hydrogen (secondary N) is 3. The van der Waals surface area contributed by atoms with Crippen LogP contribution in [0.1, 0.15) is 38.2 Å². The van der Waals surface area contributed by atoms with Gasteiger partial charge in [-0.3, -0.25) is 25.2 Å². The molecule has 0 saturated carbocycles. The molecule has 0 bridgehead atoms. The summed E-state index contributed by atoms with van der Waals surface area (Å²) in [5.41, 5.74) is 6.15. The SMILES string of the molecule is CC(C)c1ccc(OCC(=O)NNC(=O)CCC(=O)Nc2ccccc2Cl)cc1. The zero-order valence-corrected chi connectivity index (χ0v) is 17.1. The number of benzene rings is 2. The maximum absolute atomic E-state index is 11.9. The zero-order chi connectivity index (χ0) is 21.2. The molecular weight excluding hydrogens is 394 g/mol. The average Bonchev–Trinajstić information content (AvgIpc) is 2.71. The second-order valence-corrected chi connectivity index (χ2v) is 7.04. The minimum atomic E-state index is -0.508. The predicted molar refractivity (Wildman–Crippen MR) is 112 cm³/mol. The van der Waals surface area contributed by atoms with E-state index < -0.39 is 11.8 Å². The summed E-state index contributed by atoms with van der Waals surface area (Å²) in [4.78, 5) is 35.4. The third-order valence-electron chi connectivity index (χ3n) is 3.99. The minimum absolute atomic E-state index is 0.0500. The van der Waals surface area contributed by atoms with Crippen molar-refractivity contribution >= 4 is 35.0 Å². The number of carbonyl (C=O) groups excluding carboxylic acids is 3. The van der Waals surface area contributed by atoms with Gasteiger partial charge in [-0.1, -0.05) is 49.7 Å². The summed E-state index contributed by atoms with van der Waals surface area (Å²) in [6.07, 6.45) is -0.139. The molecule has 3 amide bonds. The molecule has 0 aliphatic heterocycles. The molecule has 0 aliphatic carbocycles. The number of halogens is 1. The summed E-state index contributed by atoms with van der Waals surface area (Å²) in [7, 11) is 0. The number of anilines is 1. The molecule has 29 heavy (non-hydrogen) atoms. The summed E-state index contributed by atoms with van der Waals surface area (Å²) in [6.45, 7) is 3.94. The van der Waals surface area contributed by atoms with Crippen molar-refractivity contribution in [1.82, 2.24) is 10.9 Å². The minimum Gasteiger partial charge on any atom is -0.484 e. The van der Waals surface area contributed by atoms with Crippen LogP contribution in [0, 0.1) is 0 Å². The third-order valence-corrected chi connectivity index (χ3v) is 4.31. The lowest BCUT2D eigenvalue weighted by atomic mass is 10.0. The summed E-state index contributed by atoms with van der Waals surface area (Å²) in [6, 6.07) is 14.3. The lowest BCUT2D eigenvalue weighted by Crippen LogP contribution is -2.44. The number of ether oxygens (including phenoxy) is 1. The monoisotopic (exact) mass is 417 g/mol. The van der Waals surface area contributed by atoms with Crippen molar-refractivity contribution in [2.24, 2.45) is 0 Å². The highest BCUT2D eigenvalue weighted by Crippen LogP contribution is 2.20. The summed E-state index contributed by atoms with van der Waals surface area (Å²) >= 11 is 5.96. The molecule has 2 rings (SSSR count). The van der Waals surface area contributed by atoms with E-state index in [-0.39, 0.29) is 25.4 Å². The second-order valence-electron chi connectivity index (χ2n) is 6.64. The van der Waals surface area contributed by atoms with Crippen LogP contribution >= 0.6 is 11.6 Å². The van der Waals surface area contributed by atoms with E-state index in [1.54, 1.807) is 36.4 Å². The molecule has 3 N–H and O–H groups in total. The first-order valence-corrected chi connectivity index (χ1v) is 9.57. The van der Waals surface area contributed by atoms with Crippen LogP contribution in [0.3, 0.4) is 0 Å². The van der Waals surface area contributed by atoms with Crippen molar-refractivity contribution in [2.45, 2.75) is 32.6 Å². The molecule has 0 aliphatic rings. The van der Waals surface area contributed by atoms with Crippen molar-refractivity contribution < 1.29 is 19.1 Å². The first-order chi connectivity index (χ1) is 13.8. The van der Waals surface area contributed by atoms with Crippen molar-refractivity contribution in [1.29, 1.82) is 0 Å². The van der Waals surface area contributed by atoms with Gasteiger partial charge in [-0.25, -0.2) is 0 Å². The smallest absolute Gasteiger partial charge is 0.276 e. The molecule has 2 aromatic rings. The van der Waals surface area contributed by atoms with Crippen LogP contribution in [0.4, 0.5) is 5.69 Å². The van der Waals surface area contributed by atoms with E-state index in [1.807, 2.05) is 12.1 Å². The molecule has 0 heterocycles. The van der Waals surface area contributed by atoms with Crippen molar-refractivity contribution in [3.05, 3.63) is 59.1 Å². The van der Waals surface area contributed by atoms with Crippen LogP contribution in [0.25, 0.3) is 0 Å². The number of rotatable bonds is 8. The molecule has 2 aromatic carbocycles. The van der Waals surface area contributed by atoms with E-state index in [9.17, 15) is 14.4 Å². The Balaban J connectivity index is 1.64. The molecule has 0 spiro atoms. The van der Waals surface area contributed by atoms with Gasteiger partial charge in [-0.2, -0.15) is 0 Å². The fourth-order valence-electron chi connectivity index (χ4n) is 2.34. The van der Waals surface area contributed by atoms with E-state index in [4.69, 9.17) is 16.3 Å². The van der Waals surface area contributed by atoms with E-state index in [0.717, 1.165) is 0 Å². The molecule has 0 radical (unpaired) electrons. The number of para-hydroxylation sites is 1. The molecular formula is C21H24ClN3O4. The molecule has 0 aromatic heterocycles. The second kappa shape index (κ2) is 11.1. The fraction of sp³-hybridized carbons (Fsp3) is 0.286. The summed E-state index contributed by atoms with van der Waals surface area (Å²) < 4.78 is 5.37. The summed E-state index contributed by atoms with van der Waals surface area (Å²) in [5.74, 6) is -0.380. The highest BCUT2D eigenvalue weighted by molar-refractivity contribution is 6.33. The van der Waals surface area contributed by atoms with Gasteiger partial charge in [0.15, 0.2) is 6.61 Å². The molecule has 0 fully saturated rings. The Hall–Kier alpha value is -3.06. The third kappa shape index (κ3) is 7.83. The van der Waals surface area contributed by atoms with Crippen molar-refractivity contribution in [3.8, 4) is 5.75 Å². The number of amides is 3. The van der Waals surface area contributed by atoms with Gasteiger partial charge in [0.2, 0.25) is 11.8 Å². The summed E-state index contributed by atoms with van der Waals surface area (Å²) in [5, 5.41) is 3.03. The van der Waals surface area contributed by atoms with Crippen LogP contribution in [-0.2, 0) is 14.4 Å². The molecule has 8 heteroatoms. The van der Waals surface area contributed by atoms with Gasteiger partial charge in [-0.15, -0.1) is 0 Å². The molecule has 0 atom stereocenters. The van der Waals surface area contributed by atoms with Crippen molar-refractivity contribution in [2.75, 3.05) is 11.9 Å². The Morgan fingerprint density at radius 2 is 1.52 bits per heavy atom. The first kappa shape index (κ1) is 22.2. The number of hydrogen-bond donors (Lipinski definition) is 3. The normalized spacial score (nSPS) is 10.3. The topological polar surface area (TPSA) is 96.5 Å². The first-order valence-electron chi connectivity index (χ1n) is 9.20. The standard InChI is InChI=1S/C21H24ClN3O4/c1-14(2)15-7-9-16(10-8-15)29-13-21(28)25-24-20(27)12-11-19(26)23-18-6-4-3-5-17(18)22/h3-10,14H,11-13H2,1-2H3,(H,23,26)(H,24,27)(H,25,28). The molecule has 7 nitrogen and oxygen atoms in total. The van der Waals surface area contributed by atoms with Crippen LogP contribution in [0.15, 0.2) is 48.5 Å². The van der Waals surface area contributed by atoms with Gasteiger partial charge >= 0.3 is 0 Å². The van der Waals surface area contributed by atoms with Crippen molar-refractivity contribution in [3.63, 3.8) is 0 Å².